The molecule has 0 aromatic carbocycles. The number of nitrogens with one attached hydrogen (secondary N) is 1. The van der Waals surface area contributed by atoms with Crippen LogP contribution in [-0.2, 0) is 0 Å². The SMILES string of the molecule is CCNc1ccc(N2CCN(C(=O)c3ccco3)CC2)nn1. The molecule has 1 N–H and O–H groups in total. The summed E-state index contributed by atoms with van der Waals surface area (Å²) >= 11 is 0. The average molecular weight is 301 g/mol. The molecule has 1 saturated heterocycles. The highest BCUT2D eigenvalue weighted by molar-refractivity contribution is 5.91. The summed E-state index contributed by atoms with van der Waals surface area (Å²) in [6.07, 6.45) is 1.52. The number of carbonyl (C=O) groups excluding carboxylic acids is 1. The fourth-order valence-corrected chi connectivity index (χ4v) is 2.46. The first-order chi connectivity index (χ1) is 10.8. The molecule has 2 aromatic heterocycles. The minimum atomic E-state index is -0.0572. The van der Waals surface area contributed by atoms with Crippen molar-refractivity contribution in [2.75, 3.05) is 42.9 Å². The van der Waals surface area contributed by atoms with Crippen molar-refractivity contribution in [3.63, 3.8) is 0 Å². The van der Waals surface area contributed by atoms with E-state index < -0.39 is 0 Å². The molecular weight excluding hydrogens is 282 g/mol. The molecule has 1 amide bonds. The molecule has 2 aromatic rings. The Morgan fingerprint density at radius 3 is 2.64 bits per heavy atom. The molecule has 3 rings (SSSR count). The zero-order valence-corrected chi connectivity index (χ0v) is 12.5. The van der Waals surface area contributed by atoms with E-state index >= 15 is 0 Å². The van der Waals surface area contributed by atoms with Crippen LogP contribution >= 0.6 is 0 Å². The summed E-state index contributed by atoms with van der Waals surface area (Å²) in [5.74, 6) is 1.95. The van der Waals surface area contributed by atoms with Crippen LogP contribution in [0.3, 0.4) is 0 Å². The molecule has 3 heterocycles. The van der Waals surface area contributed by atoms with Crippen molar-refractivity contribution in [2.24, 2.45) is 0 Å². The normalized spacial score (nSPS) is 15.0. The summed E-state index contributed by atoms with van der Waals surface area (Å²) in [6, 6.07) is 7.30. The average Bonchev–Trinajstić information content (AvgIpc) is 3.10. The van der Waals surface area contributed by atoms with Gasteiger partial charge in [0.2, 0.25) is 0 Å². The van der Waals surface area contributed by atoms with Gasteiger partial charge in [-0.2, -0.15) is 0 Å². The number of hydrogen-bond acceptors (Lipinski definition) is 6. The fraction of sp³-hybridized carbons (Fsp3) is 0.400. The van der Waals surface area contributed by atoms with Crippen LogP contribution in [0.15, 0.2) is 34.9 Å². The predicted molar refractivity (Wildman–Crippen MR) is 83.0 cm³/mol. The highest BCUT2D eigenvalue weighted by Crippen LogP contribution is 2.15. The Bertz CT molecular complexity index is 603. The molecule has 0 unspecified atom stereocenters. The molecule has 1 aliphatic heterocycles. The zero-order valence-electron chi connectivity index (χ0n) is 12.5. The van der Waals surface area contributed by atoms with E-state index in [0.717, 1.165) is 31.3 Å². The molecule has 0 aliphatic carbocycles. The van der Waals surface area contributed by atoms with Gasteiger partial charge in [-0.25, -0.2) is 0 Å². The second-order valence-corrected chi connectivity index (χ2v) is 5.06. The molecule has 1 aliphatic rings. The Labute approximate surface area is 128 Å². The van der Waals surface area contributed by atoms with Crippen molar-refractivity contribution in [3.05, 3.63) is 36.3 Å². The summed E-state index contributed by atoms with van der Waals surface area (Å²) in [6.45, 7) is 5.61. The van der Waals surface area contributed by atoms with E-state index in [1.807, 2.05) is 19.1 Å². The topological polar surface area (TPSA) is 74.5 Å². The second-order valence-electron chi connectivity index (χ2n) is 5.06. The van der Waals surface area contributed by atoms with Gasteiger partial charge in [-0.15, -0.1) is 10.2 Å². The monoisotopic (exact) mass is 301 g/mol. The molecule has 22 heavy (non-hydrogen) atoms. The third-order valence-electron chi connectivity index (χ3n) is 3.63. The van der Waals surface area contributed by atoms with Gasteiger partial charge in [0.25, 0.3) is 5.91 Å². The predicted octanol–water partition coefficient (Wildman–Crippen LogP) is 1.46. The van der Waals surface area contributed by atoms with Gasteiger partial charge in [0.05, 0.1) is 6.26 Å². The second kappa shape index (κ2) is 6.46. The van der Waals surface area contributed by atoms with Gasteiger partial charge in [0.1, 0.15) is 5.82 Å². The standard InChI is InChI=1S/C15H19N5O2/c1-2-16-13-5-6-14(18-17-13)19-7-9-20(10-8-19)15(21)12-4-3-11-22-12/h3-6,11H,2,7-10H2,1H3,(H,16,17). The van der Waals surface area contributed by atoms with Crippen molar-refractivity contribution in [3.8, 4) is 0 Å². The van der Waals surface area contributed by atoms with Crippen LogP contribution in [0, 0.1) is 0 Å². The van der Waals surface area contributed by atoms with Gasteiger partial charge in [-0.05, 0) is 31.2 Å². The number of anilines is 2. The first-order valence-electron chi connectivity index (χ1n) is 7.43. The van der Waals surface area contributed by atoms with Gasteiger partial charge < -0.3 is 19.5 Å². The first kappa shape index (κ1) is 14.4. The Hall–Kier alpha value is -2.57. The minimum absolute atomic E-state index is 0.0572. The molecule has 0 radical (unpaired) electrons. The number of carbonyl (C=O) groups is 1. The van der Waals surface area contributed by atoms with E-state index in [1.165, 1.54) is 6.26 Å². The molecule has 0 bridgehead atoms. The highest BCUT2D eigenvalue weighted by Gasteiger charge is 2.24. The largest absolute Gasteiger partial charge is 0.459 e. The summed E-state index contributed by atoms with van der Waals surface area (Å²) in [5, 5.41) is 11.5. The van der Waals surface area contributed by atoms with Crippen LogP contribution in [0.4, 0.5) is 11.6 Å². The summed E-state index contributed by atoms with van der Waals surface area (Å²) in [5.41, 5.74) is 0. The van der Waals surface area contributed by atoms with Crippen LogP contribution < -0.4 is 10.2 Å². The zero-order chi connectivity index (χ0) is 15.4. The highest BCUT2D eigenvalue weighted by atomic mass is 16.3. The maximum absolute atomic E-state index is 12.2. The summed E-state index contributed by atoms with van der Waals surface area (Å²) in [7, 11) is 0. The maximum Gasteiger partial charge on any atom is 0.289 e. The van der Waals surface area contributed by atoms with Crippen LogP contribution in [0.1, 0.15) is 17.5 Å². The summed E-state index contributed by atoms with van der Waals surface area (Å²) < 4.78 is 5.16. The Morgan fingerprint density at radius 1 is 1.23 bits per heavy atom. The maximum atomic E-state index is 12.2. The molecule has 1 fully saturated rings. The number of rotatable bonds is 4. The lowest BCUT2D eigenvalue weighted by molar-refractivity contribution is 0.0714. The molecule has 0 spiro atoms. The smallest absolute Gasteiger partial charge is 0.289 e. The van der Waals surface area contributed by atoms with E-state index in [4.69, 9.17) is 4.42 Å². The Balaban J connectivity index is 1.58. The van der Waals surface area contributed by atoms with E-state index in [-0.39, 0.29) is 5.91 Å². The first-order valence-corrected chi connectivity index (χ1v) is 7.43. The number of aromatic nitrogens is 2. The van der Waals surface area contributed by atoms with Crippen molar-refractivity contribution < 1.29 is 9.21 Å². The van der Waals surface area contributed by atoms with E-state index in [2.05, 4.69) is 20.4 Å². The molecule has 0 saturated carbocycles. The van der Waals surface area contributed by atoms with Gasteiger partial charge >= 0.3 is 0 Å². The third kappa shape index (κ3) is 3.03. The molecule has 116 valence electrons. The Kier molecular flexibility index (Phi) is 4.22. The van der Waals surface area contributed by atoms with Crippen LogP contribution in [0.25, 0.3) is 0 Å². The lowest BCUT2D eigenvalue weighted by Crippen LogP contribution is -2.49. The van der Waals surface area contributed by atoms with Gasteiger partial charge in [-0.3, -0.25) is 4.79 Å². The van der Waals surface area contributed by atoms with Crippen molar-refractivity contribution >= 4 is 17.5 Å². The van der Waals surface area contributed by atoms with E-state index in [1.54, 1.807) is 17.0 Å². The quantitative estimate of drug-likeness (QED) is 0.921. The third-order valence-corrected chi connectivity index (χ3v) is 3.63. The Morgan fingerprint density at radius 2 is 2.05 bits per heavy atom. The van der Waals surface area contributed by atoms with Crippen LogP contribution in [-0.4, -0.2) is 53.7 Å². The number of amides is 1. The lowest BCUT2D eigenvalue weighted by Gasteiger charge is -2.34. The van der Waals surface area contributed by atoms with E-state index in [9.17, 15) is 4.79 Å². The van der Waals surface area contributed by atoms with Gasteiger partial charge in [0.15, 0.2) is 11.6 Å². The van der Waals surface area contributed by atoms with Crippen molar-refractivity contribution in [1.82, 2.24) is 15.1 Å². The van der Waals surface area contributed by atoms with Crippen molar-refractivity contribution in [1.29, 1.82) is 0 Å². The lowest BCUT2D eigenvalue weighted by atomic mass is 10.3. The number of hydrogen-bond donors (Lipinski definition) is 1. The van der Waals surface area contributed by atoms with Crippen LogP contribution in [0.5, 0.6) is 0 Å². The summed E-state index contributed by atoms with van der Waals surface area (Å²) in [4.78, 5) is 16.1. The van der Waals surface area contributed by atoms with Crippen molar-refractivity contribution in [2.45, 2.75) is 6.92 Å². The minimum Gasteiger partial charge on any atom is -0.459 e. The fourth-order valence-electron chi connectivity index (χ4n) is 2.46. The van der Waals surface area contributed by atoms with E-state index in [0.29, 0.717) is 18.8 Å². The number of furan rings is 1. The molecule has 0 atom stereocenters. The molecule has 7 nitrogen and oxygen atoms in total. The number of nitrogens with zero attached hydrogens (tertiary/aromatic N) is 4. The molecular formula is C15H19N5O2. The molecule has 7 heteroatoms. The van der Waals surface area contributed by atoms with Crippen LogP contribution in [0.2, 0.25) is 0 Å². The van der Waals surface area contributed by atoms with Gasteiger partial charge in [0, 0.05) is 32.7 Å². The van der Waals surface area contributed by atoms with Gasteiger partial charge in [-0.1, -0.05) is 0 Å². The number of piperazine rings is 1.